The monoisotopic (exact) mass is 326 g/mol. The molecule has 22 heavy (non-hydrogen) atoms. The third-order valence-electron chi connectivity index (χ3n) is 3.65. The van der Waals surface area contributed by atoms with Gasteiger partial charge in [-0.15, -0.1) is 0 Å². The van der Waals surface area contributed by atoms with E-state index in [4.69, 9.17) is 4.74 Å². The normalized spacial score (nSPS) is 22.0. The van der Waals surface area contributed by atoms with Crippen LogP contribution in [-0.2, 0) is 14.8 Å². The Morgan fingerprint density at radius 2 is 2.00 bits per heavy atom. The molecule has 0 saturated heterocycles. The van der Waals surface area contributed by atoms with E-state index in [9.17, 15) is 13.2 Å². The number of amides is 1. The minimum absolute atomic E-state index is 0.0590. The summed E-state index contributed by atoms with van der Waals surface area (Å²) < 4.78 is 31.3. The van der Waals surface area contributed by atoms with Gasteiger partial charge in [0.1, 0.15) is 6.10 Å². The summed E-state index contributed by atoms with van der Waals surface area (Å²) in [6.45, 7) is 1.60. The van der Waals surface area contributed by atoms with Crippen molar-refractivity contribution in [1.29, 1.82) is 0 Å². The van der Waals surface area contributed by atoms with Crippen molar-refractivity contribution < 1.29 is 17.9 Å². The molecule has 0 unspecified atom stereocenters. The van der Waals surface area contributed by atoms with Gasteiger partial charge < -0.3 is 4.74 Å². The lowest BCUT2D eigenvalue weighted by atomic mass is 9.94. The largest absolute Gasteiger partial charge is 0.446 e. The highest BCUT2D eigenvalue weighted by Gasteiger charge is 2.27. The van der Waals surface area contributed by atoms with Crippen molar-refractivity contribution in [2.75, 3.05) is 11.1 Å². The maximum Gasteiger partial charge on any atom is 0.411 e. The van der Waals surface area contributed by atoms with Gasteiger partial charge in [0.2, 0.25) is 10.0 Å². The zero-order valence-electron chi connectivity index (χ0n) is 12.6. The molecule has 1 amide bonds. The average molecular weight is 326 g/mol. The Kier molecular flexibility index (Phi) is 5.79. The molecule has 0 aromatic heterocycles. The number of benzene rings is 1. The van der Waals surface area contributed by atoms with Crippen LogP contribution in [0.25, 0.3) is 0 Å². The maximum absolute atomic E-state index is 11.9. The Bertz CT molecular complexity index is 589. The highest BCUT2D eigenvalue weighted by molar-refractivity contribution is 7.89. The summed E-state index contributed by atoms with van der Waals surface area (Å²) in [5.41, 5.74) is 0.673. The number of anilines is 1. The van der Waals surface area contributed by atoms with E-state index in [0.717, 1.165) is 19.3 Å². The third-order valence-corrected chi connectivity index (χ3v) is 5.10. The number of hydrogen-bond donors (Lipinski definition) is 2. The van der Waals surface area contributed by atoms with Crippen LogP contribution in [0.5, 0.6) is 0 Å². The summed E-state index contributed by atoms with van der Waals surface area (Å²) in [6, 6.07) is 8.91. The second-order valence-corrected chi connectivity index (χ2v) is 7.45. The average Bonchev–Trinajstić information content (AvgIpc) is 2.48. The van der Waals surface area contributed by atoms with E-state index in [1.807, 2.05) is 18.2 Å². The molecule has 0 bridgehead atoms. The zero-order valence-corrected chi connectivity index (χ0v) is 13.4. The fourth-order valence-electron chi connectivity index (χ4n) is 2.52. The van der Waals surface area contributed by atoms with E-state index >= 15 is 0 Å². The molecule has 0 aliphatic heterocycles. The van der Waals surface area contributed by atoms with E-state index < -0.39 is 16.1 Å². The second-order valence-electron chi connectivity index (χ2n) is 5.40. The van der Waals surface area contributed by atoms with Gasteiger partial charge >= 0.3 is 6.09 Å². The van der Waals surface area contributed by atoms with Crippen LogP contribution < -0.4 is 10.0 Å². The molecule has 0 heterocycles. The quantitative estimate of drug-likeness (QED) is 0.870. The molecule has 1 fully saturated rings. The number of para-hydroxylation sites is 1. The molecule has 2 N–H and O–H groups in total. The summed E-state index contributed by atoms with van der Waals surface area (Å²) in [5, 5.41) is 2.66. The highest BCUT2D eigenvalue weighted by Crippen LogP contribution is 2.22. The minimum atomic E-state index is -3.23. The van der Waals surface area contributed by atoms with Gasteiger partial charge in [0, 0.05) is 18.2 Å². The summed E-state index contributed by atoms with van der Waals surface area (Å²) in [7, 11) is -3.23. The van der Waals surface area contributed by atoms with Crippen molar-refractivity contribution in [2.24, 2.45) is 0 Å². The Morgan fingerprint density at radius 3 is 2.68 bits per heavy atom. The first-order valence-corrected chi connectivity index (χ1v) is 9.16. The number of sulfonamides is 1. The number of rotatable bonds is 5. The minimum Gasteiger partial charge on any atom is -0.446 e. The summed E-state index contributed by atoms with van der Waals surface area (Å²) in [5.74, 6) is 0.0590. The molecule has 1 aliphatic rings. The van der Waals surface area contributed by atoms with E-state index in [-0.39, 0.29) is 17.9 Å². The Morgan fingerprint density at radius 1 is 1.27 bits per heavy atom. The first kappa shape index (κ1) is 16.8. The van der Waals surface area contributed by atoms with Crippen LogP contribution in [0.3, 0.4) is 0 Å². The van der Waals surface area contributed by atoms with Crippen molar-refractivity contribution in [3.8, 4) is 0 Å². The van der Waals surface area contributed by atoms with E-state index in [1.165, 1.54) is 0 Å². The SMILES string of the molecule is CCS(=O)(=O)N[C@H]1CCC[C@@H](OC(=O)Nc2ccccc2)C1. The number of ether oxygens (including phenoxy) is 1. The van der Waals surface area contributed by atoms with Gasteiger partial charge in [-0.1, -0.05) is 18.2 Å². The first-order valence-electron chi connectivity index (χ1n) is 7.51. The molecule has 0 spiro atoms. The van der Waals surface area contributed by atoms with Gasteiger partial charge in [0.05, 0.1) is 5.75 Å². The van der Waals surface area contributed by atoms with Crippen molar-refractivity contribution in [3.63, 3.8) is 0 Å². The fourth-order valence-corrected chi connectivity index (χ4v) is 3.41. The topological polar surface area (TPSA) is 84.5 Å². The van der Waals surface area contributed by atoms with Crippen LogP contribution >= 0.6 is 0 Å². The molecular weight excluding hydrogens is 304 g/mol. The number of carbonyl (C=O) groups excluding carboxylic acids is 1. The second kappa shape index (κ2) is 7.60. The molecule has 0 radical (unpaired) electrons. The molecule has 1 aliphatic carbocycles. The predicted octanol–water partition coefficient (Wildman–Crippen LogP) is 2.49. The fraction of sp³-hybridized carbons (Fsp3) is 0.533. The van der Waals surface area contributed by atoms with Crippen molar-refractivity contribution in [1.82, 2.24) is 4.72 Å². The van der Waals surface area contributed by atoms with Crippen molar-refractivity contribution in [2.45, 2.75) is 44.8 Å². The van der Waals surface area contributed by atoms with Crippen LogP contribution in [-0.4, -0.2) is 32.4 Å². The third kappa shape index (κ3) is 5.31. The summed E-state index contributed by atoms with van der Waals surface area (Å²) >= 11 is 0. The highest BCUT2D eigenvalue weighted by atomic mass is 32.2. The predicted molar refractivity (Wildman–Crippen MR) is 85.2 cm³/mol. The molecular formula is C15H22N2O4S. The van der Waals surface area contributed by atoms with Crippen LogP contribution in [0.15, 0.2) is 30.3 Å². The molecule has 1 saturated carbocycles. The summed E-state index contributed by atoms with van der Waals surface area (Å²) in [6.07, 6.45) is 2.12. The molecule has 6 nitrogen and oxygen atoms in total. The molecule has 1 aromatic rings. The molecule has 2 atom stereocenters. The Hall–Kier alpha value is -1.60. The van der Waals surface area contributed by atoms with Crippen molar-refractivity contribution >= 4 is 21.8 Å². The van der Waals surface area contributed by atoms with E-state index in [1.54, 1.807) is 19.1 Å². The van der Waals surface area contributed by atoms with Gasteiger partial charge in [-0.2, -0.15) is 0 Å². The number of nitrogens with one attached hydrogen (secondary N) is 2. The van der Waals surface area contributed by atoms with Gasteiger partial charge in [-0.25, -0.2) is 17.9 Å². The van der Waals surface area contributed by atoms with Crippen LogP contribution in [0.2, 0.25) is 0 Å². The van der Waals surface area contributed by atoms with Gasteiger partial charge in [0.25, 0.3) is 0 Å². The first-order chi connectivity index (χ1) is 10.5. The lowest BCUT2D eigenvalue weighted by Crippen LogP contribution is -2.41. The van der Waals surface area contributed by atoms with Gasteiger partial charge in [0.15, 0.2) is 0 Å². The number of hydrogen-bond acceptors (Lipinski definition) is 4. The Labute approximate surface area is 131 Å². The van der Waals surface area contributed by atoms with Crippen molar-refractivity contribution in [3.05, 3.63) is 30.3 Å². The lowest BCUT2D eigenvalue weighted by molar-refractivity contribution is 0.0793. The lowest BCUT2D eigenvalue weighted by Gasteiger charge is -2.29. The van der Waals surface area contributed by atoms with E-state index in [2.05, 4.69) is 10.0 Å². The zero-order chi connectivity index (χ0) is 16.0. The maximum atomic E-state index is 11.9. The molecule has 1 aromatic carbocycles. The van der Waals surface area contributed by atoms with Crippen LogP contribution in [0.1, 0.15) is 32.6 Å². The summed E-state index contributed by atoms with van der Waals surface area (Å²) in [4.78, 5) is 11.9. The van der Waals surface area contributed by atoms with Crippen LogP contribution in [0, 0.1) is 0 Å². The molecule has 7 heteroatoms. The molecule has 2 rings (SSSR count). The van der Waals surface area contributed by atoms with E-state index in [0.29, 0.717) is 12.1 Å². The van der Waals surface area contributed by atoms with Crippen LogP contribution in [0.4, 0.5) is 10.5 Å². The van der Waals surface area contributed by atoms with Gasteiger partial charge in [-0.3, -0.25) is 5.32 Å². The number of carbonyl (C=O) groups is 1. The Balaban J connectivity index is 1.83. The van der Waals surface area contributed by atoms with Gasteiger partial charge in [-0.05, 0) is 38.3 Å². The smallest absolute Gasteiger partial charge is 0.411 e. The standard InChI is InChI=1S/C15H22N2O4S/c1-2-22(19,20)17-13-9-6-10-14(11-13)21-15(18)16-12-7-4-3-5-8-12/h3-5,7-8,13-14,17H,2,6,9-11H2,1H3,(H,16,18)/t13-,14+/m0/s1. The molecule has 122 valence electrons.